The Kier molecular flexibility index (Phi) is 7.99. The van der Waals surface area contributed by atoms with Crippen LogP contribution >= 0.6 is 12.4 Å². The van der Waals surface area contributed by atoms with Crippen molar-refractivity contribution in [3.63, 3.8) is 0 Å². The zero-order chi connectivity index (χ0) is 16.9. The Morgan fingerprint density at radius 1 is 1.25 bits per heavy atom. The van der Waals surface area contributed by atoms with Crippen molar-refractivity contribution in [1.82, 2.24) is 5.32 Å². The van der Waals surface area contributed by atoms with Gasteiger partial charge in [0, 0.05) is 12.6 Å². The molecule has 0 aliphatic heterocycles. The molecule has 0 spiro atoms. The van der Waals surface area contributed by atoms with Gasteiger partial charge in [-0.25, -0.2) is 8.42 Å². The summed E-state index contributed by atoms with van der Waals surface area (Å²) in [6.07, 6.45) is 6.79. The maximum atomic E-state index is 12.6. The van der Waals surface area contributed by atoms with Crippen molar-refractivity contribution < 1.29 is 13.2 Å². The van der Waals surface area contributed by atoms with E-state index in [0.717, 1.165) is 19.1 Å². The molecule has 1 unspecified atom stereocenters. The fraction of sp³-hybridized carbons (Fsp3) is 0.562. The zero-order valence-corrected chi connectivity index (χ0v) is 15.5. The molecule has 0 saturated heterocycles. The Morgan fingerprint density at radius 3 is 2.46 bits per heavy atom. The molecule has 0 heterocycles. The van der Waals surface area contributed by atoms with Crippen molar-refractivity contribution in [3.05, 3.63) is 29.8 Å². The first-order valence-corrected chi connectivity index (χ1v) is 9.87. The number of halogens is 1. The number of benzene rings is 1. The van der Waals surface area contributed by atoms with Crippen LogP contribution in [-0.4, -0.2) is 33.2 Å². The average Bonchev–Trinajstić information content (AvgIpc) is 2.52. The SMILES string of the molecule is CS(=O)(=O)Nc1ccccc1C(=O)NC(CN)C1CCCCC1.Cl. The molecule has 1 atom stereocenters. The number of rotatable bonds is 6. The molecule has 136 valence electrons. The lowest BCUT2D eigenvalue weighted by Crippen LogP contribution is -2.46. The molecule has 1 aromatic rings. The van der Waals surface area contributed by atoms with Crippen molar-refractivity contribution in [2.24, 2.45) is 11.7 Å². The largest absolute Gasteiger partial charge is 0.348 e. The molecule has 1 saturated carbocycles. The predicted octanol–water partition coefficient (Wildman–Crippen LogP) is 2.12. The molecule has 2 rings (SSSR count). The summed E-state index contributed by atoms with van der Waals surface area (Å²) in [6, 6.07) is 6.51. The summed E-state index contributed by atoms with van der Waals surface area (Å²) >= 11 is 0. The second-order valence-corrected chi connectivity index (χ2v) is 7.88. The minimum Gasteiger partial charge on any atom is -0.348 e. The lowest BCUT2D eigenvalue weighted by Gasteiger charge is -2.30. The highest BCUT2D eigenvalue weighted by molar-refractivity contribution is 7.92. The number of anilines is 1. The maximum Gasteiger partial charge on any atom is 0.253 e. The molecular weight excluding hydrogens is 350 g/mol. The lowest BCUT2D eigenvalue weighted by atomic mass is 9.84. The van der Waals surface area contributed by atoms with Crippen LogP contribution in [0.2, 0.25) is 0 Å². The summed E-state index contributed by atoms with van der Waals surface area (Å²) in [6.45, 7) is 0.387. The normalized spacial score (nSPS) is 16.8. The molecule has 8 heteroatoms. The average molecular weight is 376 g/mol. The van der Waals surface area contributed by atoms with E-state index in [1.54, 1.807) is 24.3 Å². The summed E-state index contributed by atoms with van der Waals surface area (Å²) in [5.41, 5.74) is 6.44. The number of hydrogen-bond donors (Lipinski definition) is 3. The van der Waals surface area contributed by atoms with Crippen LogP contribution in [0, 0.1) is 5.92 Å². The standard InChI is InChI=1S/C16H25N3O3S.ClH/c1-23(21,22)19-14-10-6-5-9-13(14)16(20)18-15(11-17)12-7-3-2-4-8-12;/h5-6,9-10,12,15,19H,2-4,7-8,11,17H2,1H3,(H,18,20);1H. The van der Waals surface area contributed by atoms with Crippen LogP contribution < -0.4 is 15.8 Å². The highest BCUT2D eigenvalue weighted by Crippen LogP contribution is 2.26. The molecule has 1 aliphatic carbocycles. The third kappa shape index (κ3) is 5.96. The smallest absolute Gasteiger partial charge is 0.253 e. The Morgan fingerprint density at radius 2 is 1.88 bits per heavy atom. The third-order valence-corrected chi connectivity index (χ3v) is 4.85. The van der Waals surface area contributed by atoms with Crippen molar-refractivity contribution in [2.45, 2.75) is 38.1 Å². The Hall–Kier alpha value is -1.31. The van der Waals surface area contributed by atoms with Crippen LogP contribution in [0.25, 0.3) is 0 Å². The number of sulfonamides is 1. The number of para-hydroxylation sites is 1. The minimum atomic E-state index is -3.44. The second-order valence-electron chi connectivity index (χ2n) is 6.13. The van der Waals surface area contributed by atoms with Gasteiger partial charge in [0.2, 0.25) is 10.0 Å². The van der Waals surface area contributed by atoms with Crippen LogP contribution in [0.5, 0.6) is 0 Å². The highest BCUT2D eigenvalue weighted by Gasteiger charge is 2.25. The molecule has 0 radical (unpaired) electrons. The zero-order valence-electron chi connectivity index (χ0n) is 13.8. The first-order valence-electron chi connectivity index (χ1n) is 7.98. The Balaban J connectivity index is 0.00000288. The van der Waals surface area contributed by atoms with Crippen LogP contribution in [0.1, 0.15) is 42.5 Å². The molecule has 1 aromatic carbocycles. The van der Waals surface area contributed by atoms with Gasteiger partial charge >= 0.3 is 0 Å². The van der Waals surface area contributed by atoms with E-state index >= 15 is 0 Å². The second kappa shape index (κ2) is 9.25. The van der Waals surface area contributed by atoms with Crippen LogP contribution in [-0.2, 0) is 10.0 Å². The van der Waals surface area contributed by atoms with Gasteiger partial charge in [0.05, 0.1) is 17.5 Å². The van der Waals surface area contributed by atoms with Gasteiger partial charge in [0.1, 0.15) is 0 Å². The summed E-state index contributed by atoms with van der Waals surface area (Å²) in [7, 11) is -3.44. The first kappa shape index (κ1) is 20.7. The van der Waals surface area contributed by atoms with Gasteiger partial charge in [-0.3, -0.25) is 9.52 Å². The lowest BCUT2D eigenvalue weighted by molar-refractivity contribution is 0.0916. The predicted molar refractivity (Wildman–Crippen MR) is 99.0 cm³/mol. The first-order chi connectivity index (χ1) is 10.9. The molecule has 0 bridgehead atoms. The number of nitrogens with two attached hydrogens (primary N) is 1. The number of nitrogens with one attached hydrogen (secondary N) is 2. The van der Waals surface area contributed by atoms with E-state index in [-0.39, 0.29) is 30.0 Å². The van der Waals surface area contributed by atoms with Crippen LogP contribution in [0.15, 0.2) is 24.3 Å². The summed E-state index contributed by atoms with van der Waals surface area (Å²) in [4.78, 5) is 12.6. The van der Waals surface area contributed by atoms with Crippen molar-refractivity contribution >= 4 is 34.0 Å². The molecular formula is C16H26ClN3O3S. The number of carbonyl (C=O) groups excluding carboxylic acids is 1. The minimum absolute atomic E-state index is 0. The monoisotopic (exact) mass is 375 g/mol. The van der Waals surface area contributed by atoms with Gasteiger partial charge in [0.15, 0.2) is 0 Å². The van der Waals surface area contributed by atoms with Crippen LogP contribution in [0.3, 0.4) is 0 Å². The van der Waals surface area contributed by atoms with Gasteiger partial charge in [-0.1, -0.05) is 31.4 Å². The van der Waals surface area contributed by atoms with Crippen molar-refractivity contribution in [2.75, 3.05) is 17.5 Å². The molecule has 1 aliphatic rings. The van der Waals surface area contributed by atoms with E-state index in [4.69, 9.17) is 5.73 Å². The molecule has 1 fully saturated rings. The maximum absolute atomic E-state index is 12.6. The molecule has 6 nitrogen and oxygen atoms in total. The molecule has 0 aromatic heterocycles. The van der Waals surface area contributed by atoms with Crippen LogP contribution in [0.4, 0.5) is 5.69 Å². The van der Waals surface area contributed by atoms with E-state index in [1.807, 2.05) is 0 Å². The number of amides is 1. The van der Waals surface area contributed by atoms with E-state index in [0.29, 0.717) is 18.0 Å². The van der Waals surface area contributed by atoms with E-state index in [9.17, 15) is 13.2 Å². The Bertz CT molecular complexity index is 646. The van der Waals surface area contributed by atoms with Crippen molar-refractivity contribution in [3.8, 4) is 0 Å². The number of hydrogen-bond acceptors (Lipinski definition) is 4. The van der Waals surface area contributed by atoms with Gasteiger partial charge < -0.3 is 11.1 Å². The van der Waals surface area contributed by atoms with E-state index < -0.39 is 10.0 Å². The quantitative estimate of drug-likeness (QED) is 0.708. The topological polar surface area (TPSA) is 101 Å². The summed E-state index contributed by atoms with van der Waals surface area (Å²) < 4.78 is 25.3. The fourth-order valence-corrected chi connectivity index (χ4v) is 3.70. The van der Waals surface area contributed by atoms with E-state index in [1.165, 1.54) is 19.3 Å². The van der Waals surface area contributed by atoms with Gasteiger partial charge in [-0.15, -0.1) is 12.4 Å². The van der Waals surface area contributed by atoms with Crippen molar-refractivity contribution in [1.29, 1.82) is 0 Å². The molecule has 1 amide bonds. The summed E-state index contributed by atoms with van der Waals surface area (Å²) in [5.74, 6) is 0.102. The third-order valence-electron chi connectivity index (χ3n) is 4.26. The summed E-state index contributed by atoms with van der Waals surface area (Å²) in [5, 5.41) is 2.98. The van der Waals surface area contributed by atoms with Gasteiger partial charge in [0.25, 0.3) is 5.91 Å². The van der Waals surface area contributed by atoms with E-state index in [2.05, 4.69) is 10.0 Å². The fourth-order valence-electron chi connectivity index (χ4n) is 3.12. The number of carbonyl (C=O) groups is 1. The Labute approximate surface area is 150 Å². The highest BCUT2D eigenvalue weighted by atomic mass is 35.5. The molecule has 24 heavy (non-hydrogen) atoms. The van der Waals surface area contributed by atoms with Gasteiger partial charge in [-0.05, 0) is 30.9 Å². The molecule has 4 N–H and O–H groups in total. The van der Waals surface area contributed by atoms with Gasteiger partial charge in [-0.2, -0.15) is 0 Å².